The van der Waals surface area contributed by atoms with E-state index >= 15 is 0 Å². The van der Waals surface area contributed by atoms with Crippen LogP contribution in [-0.2, 0) is 8.54 Å². The molecule has 0 aromatic rings. The molecule has 2 saturated carbocycles. The van der Waals surface area contributed by atoms with E-state index in [1.165, 1.54) is 77.0 Å². The predicted octanol–water partition coefficient (Wildman–Crippen LogP) is 2.88. The van der Waals surface area contributed by atoms with E-state index < -0.39 is 0 Å². The topological polar surface area (TPSA) is 18.5 Å². The van der Waals surface area contributed by atoms with Crippen molar-refractivity contribution >= 4 is 20.5 Å². The maximum absolute atomic E-state index is 6.28. The third-order valence-corrected chi connectivity index (χ3v) is 6.23. The molecule has 0 spiro atoms. The Kier molecular flexibility index (Phi) is 7.72. The SMILES string of the molecule is [SiH3]O[SiH]OC(C1CCCCCC1)C1CCCCCC1. The van der Waals surface area contributed by atoms with Crippen LogP contribution >= 0.6 is 0 Å². The summed E-state index contributed by atoms with van der Waals surface area (Å²) >= 11 is 0. The second kappa shape index (κ2) is 9.32. The molecule has 0 heterocycles. The molecule has 2 aliphatic carbocycles. The standard InChI is InChI=1S/C15H31O2Si2/c18-17-19-16-15(13-9-5-1-2-6-10-13)14-11-7-3-4-8-12-14/h13-15,19H,1-12H2,18H3. The van der Waals surface area contributed by atoms with Crippen LogP contribution < -0.4 is 0 Å². The van der Waals surface area contributed by atoms with Crippen molar-refractivity contribution in [1.29, 1.82) is 0 Å². The van der Waals surface area contributed by atoms with Gasteiger partial charge in [-0.1, -0.05) is 51.4 Å². The van der Waals surface area contributed by atoms with Gasteiger partial charge in [-0.05, 0) is 37.5 Å². The second-order valence-corrected chi connectivity index (χ2v) is 8.79. The Morgan fingerprint density at radius 1 is 0.737 bits per heavy atom. The molecular weight excluding hydrogens is 268 g/mol. The lowest BCUT2D eigenvalue weighted by atomic mass is 9.82. The molecule has 0 amide bonds. The van der Waals surface area contributed by atoms with E-state index in [-0.39, 0.29) is 10.0 Å². The lowest BCUT2D eigenvalue weighted by molar-refractivity contribution is 0.0517. The molecule has 0 aromatic heterocycles. The molecule has 19 heavy (non-hydrogen) atoms. The summed E-state index contributed by atoms with van der Waals surface area (Å²) in [6, 6.07) is 0. The van der Waals surface area contributed by atoms with Gasteiger partial charge >= 0.3 is 10.0 Å². The second-order valence-electron chi connectivity index (χ2n) is 6.44. The highest BCUT2D eigenvalue weighted by Crippen LogP contribution is 2.36. The Morgan fingerprint density at radius 3 is 1.53 bits per heavy atom. The van der Waals surface area contributed by atoms with Gasteiger partial charge in [0.2, 0.25) is 0 Å². The highest BCUT2D eigenvalue weighted by Gasteiger charge is 2.30. The van der Waals surface area contributed by atoms with E-state index in [2.05, 4.69) is 0 Å². The van der Waals surface area contributed by atoms with Gasteiger partial charge in [0, 0.05) is 0 Å². The molecule has 2 aliphatic rings. The molecule has 0 bridgehead atoms. The van der Waals surface area contributed by atoms with Crippen LogP contribution in [0, 0.1) is 11.8 Å². The predicted molar refractivity (Wildman–Crippen MR) is 85.4 cm³/mol. The number of hydrogen-bond donors (Lipinski definition) is 0. The summed E-state index contributed by atoms with van der Waals surface area (Å²) in [5.74, 6) is 1.66. The van der Waals surface area contributed by atoms with E-state index in [1.807, 2.05) is 0 Å². The first-order valence-electron chi connectivity index (χ1n) is 8.42. The summed E-state index contributed by atoms with van der Waals surface area (Å²) in [5, 5.41) is 0. The Morgan fingerprint density at radius 2 is 1.16 bits per heavy atom. The molecule has 0 saturated heterocycles. The van der Waals surface area contributed by atoms with Gasteiger partial charge in [0.15, 0.2) is 0 Å². The maximum atomic E-state index is 6.28. The van der Waals surface area contributed by atoms with Gasteiger partial charge in [-0.3, -0.25) is 0 Å². The quantitative estimate of drug-likeness (QED) is 0.574. The van der Waals surface area contributed by atoms with Crippen molar-refractivity contribution in [2.75, 3.05) is 0 Å². The summed E-state index contributed by atoms with van der Waals surface area (Å²) in [6.45, 7) is 0. The van der Waals surface area contributed by atoms with Gasteiger partial charge < -0.3 is 8.54 Å². The van der Waals surface area contributed by atoms with Gasteiger partial charge in [0.25, 0.3) is 0 Å². The van der Waals surface area contributed by atoms with Crippen LogP contribution in [0.4, 0.5) is 0 Å². The van der Waals surface area contributed by atoms with E-state index in [0.717, 1.165) is 22.3 Å². The molecule has 2 fully saturated rings. The zero-order valence-electron chi connectivity index (χ0n) is 12.6. The molecule has 0 unspecified atom stereocenters. The van der Waals surface area contributed by atoms with Gasteiger partial charge in [0.05, 0.1) is 6.10 Å². The summed E-state index contributed by atoms with van der Waals surface area (Å²) in [7, 11) is 0.645. The molecule has 0 aliphatic heterocycles. The average Bonchev–Trinajstić information content (AvgIpc) is 2.84. The first-order chi connectivity index (χ1) is 9.42. The van der Waals surface area contributed by atoms with Gasteiger partial charge in [-0.25, -0.2) is 0 Å². The fraction of sp³-hybridized carbons (Fsp3) is 1.00. The van der Waals surface area contributed by atoms with Crippen LogP contribution in [0.3, 0.4) is 0 Å². The van der Waals surface area contributed by atoms with E-state index in [0.29, 0.717) is 6.10 Å². The summed E-state index contributed by atoms with van der Waals surface area (Å²) < 4.78 is 11.7. The third-order valence-electron chi connectivity index (χ3n) is 5.04. The molecule has 1 radical (unpaired) electrons. The van der Waals surface area contributed by atoms with E-state index in [9.17, 15) is 0 Å². The molecule has 4 heteroatoms. The summed E-state index contributed by atoms with van der Waals surface area (Å²) in [6.07, 6.45) is 17.6. The zero-order valence-corrected chi connectivity index (χ0v) is 15.8. The fourth-order valence-electron chi connectivity index (χ4n) is 4.01. The molecule has 0 atom stereocenters. The van der Waals surface area contributed by atoms with Crippen molar-refractivity contribution in [3.05, 3.63) is 0 Å². The monoisotopic (exact) mass is 299 g/mol. The molecular formula is C15H31O2Si2. The van der Waals surface area contributed by atoms with Crippen molar-refractivity contribution in [3.63, 3.8) is 0 Å². The van der Waals surface area contributed by atoms with Crippen LogP contribution in [-0.4, -0.2) is 26.6 Å². The maximum Gasteiger partial charge on any atom is 0.353 e. The Labute approximate surface area is 124 Å². The number of rotatable bonds is 5. The lowest BCUT2D eigenvalue weighted by Gasteiger charge is -2.33. The smallest absolute Gasteiger partial charge is 0.353 e. The van der Waals surface area contributed by atoms with Gasteiger partial charge in [-0.2, -0.15) is 0 Å². The molecule has 111 valence electrons. The van der Waals surface area contributed by atoms with Crippen molar-refractivity contribution in [2.24, 2.45) is 11.8 Å². The van der Waals surface area contributed by atoms with Crippen LogP contribution in [0.25, 0.3) is 0 Å². The molecule has 2 nitrogen and oxygen atoms in total. The minimum atomic E-state index is -0.188. The Hall–Kier alpha value is 0.354. The highest BCUT2D eigenvalue weighted by atomic mass is 28.3. The van der Waals surface area contributed by atoms with Crippen LogP contribution in [0.2, 0.25) is 0 Å². The van der Waals surface area contributed by atoms with Crippen molar-refractivity contribution < 1.29 is 8.54 Å². The largest absolute Gasteiger partial charge is 0.446 e. The van der Waals surface area contributed by atoms with Crippen molar-refractivity contribution in [2.45, 2.75) is 83.2 Å². The summed E-state index contributed by atoms with van der Waals surface area (Å²) in [4.78, 5) is 0. The average molecular weight is 300 g/mol. The Bertz CT molecular complexity index is 202. The van der Waals surface area contributed by atoms with Crippen LogP contribution in [0.15, 0.2) is 0 Å². The van der Waals surface area contributed by atoms with Crippen LogP contribution in [0.1, 0.15) is 77.0 Å². The normalized spacial score (nSPS) is 24.5. The van der Waals surface area contributed by atoms with Crippen molar-refractivity contribution in [3.8, 4) is 0 Å². The fourth-order valence-corrected chi connectivity index (χ4v) is 5.02. The minimum absolute atomic E-state index is 0.188. The van der Waals surface area contributed by atoms with Crippen LogP contribution in [0.5, 0.6) is 0 Å². The van der Waals surface area contributed by atoms with E-state index in [4.69, 9.17) is 8.54 Å². The highest BCUT2D eigenvalue weighted by molar-refractivity contribution is 6.27. The first kappa shape index (κ1) is 15.7. The molecule has 0 N–H and O–H groups in total. The lowest BCUT2D eigenvalue weighted by Crippen LogP contribution is -2.33. The zero-order chi connectivity index (χ0) is 13.3. The van der Waals surface area contributed by atoms with Gasteiger partial charge in [0.1, 0.15) is 10.5 Å². The van der Waals surface area contributed by atoms with Crippen molar-refractivity contribution in [1.82, 2.24) is 0 Å². The Balaban J connectivity index is 1.95. The number of hydrogen-bond acceptors (Lipinski definition) is 2. The third kappa shape index (κ3) is 5.33. The minimum Gasteiger partial charge on any atom is -0.446 e. The first-order valence-corrected chi connectivity index (χ1v) is 10.2. The van der Waals surface area contributed by atoms with E-state index in [1.54, 1.807) is 0 Å². The summed E-state index contributed by atoms with van der Waals surface area (Å²) in [5.41, 5.74) is 0. The van der Waals surface area contributed by atoms with Gasteiger partial charge in [-0.15, -0.1) is 0 Å². The molecule has 2 rings (SSSR count). The molecule has 0 aromatic carbocycles.